The van der Waals surface area contributed by atoms with Crippen molar-refractivity contribution in [2.45, 2.75) is 31.3 Å². The summed E-state index contributed by atoms with van der Waals surface area (Å²) in [4.78, 5) is 27.8. The van der Waals surface area contributed by atoms with Gasteiger partial charge in [0, 0.05) is 23.1 Å². The fourth-order valence-corrected chi connectivity index (χ4v) is 5.44. The molecule has 0 spiro atoms. The van der Waals surface area contributed by atoms with Crippen molar-refractivity contribution in [1.82, 2.24) is 10.2 Å². The van der Waals surface area contributed by atoms with Gasteiger partial charge in [-0.3, -0.25) is 13.9 Å². The zero-order valence-corrected chi connectivity index (χ0v) is 22.2. The van der Waals surface area contributed by atoms with Gasteiger partial charge in [-0.15, -0.1) is 0 Å². The van der Waals surface area contributed by atoms with Crippen LogP contribution in [0, 0.1) is 0 Å². The second-order valence-electron chi connectivity index (χ2n) is 8.03. The van der Waals surface area contributed by atoms with E-state index in [4.69, 9.17) is 23.2 Å². The van der Waals surface area contributed by atoms with E-state index in [1.54, 1.807) is 74.5 Å². The molecule has 7 nitrogen and oxygen atoms in total. The number of amides is 2. The number of carbonyl (C=O) groups excluding carboxylic acids is 2. The number of hydrogen-bond donors (Lipinski definition) is 1. The number of hydrogen-bond acceptors (Lipinski definition) is 4. The van der Waals surface area contributed by atoms with Crippen molar-refractivity contribution in [3.05, 3.63) is 94.5 Å². The first-order chi connectivity index (χ1) is 17.1. The van der Waals surface area contributed by atoms with Crippen LogP contribution in [0.1, 0.15) is 19.4 Å². The van der Waals surface area contributed by atoms with Crippen molar-refractivity contribution in [1.29, 1.82) is 0 Å². The Bertz CT molecular complexity index is 1320. The molecule has 1 atom stereocenters. The summed E-state index contributed by atoms with van der Waals surface area (Å²) in [6, 6.07) is 20.2. The van der Waals surface area contributed by atoms with Gasteiger partial charge < -0.3 is 10.2 Å². The Morgan fingerprint density at radius 2 is 1.56 bits per heavy atom. The normalized spacial score (nSPS) is 12.0. The predicted octanol–water partition coefficient (Wildman–Crippen LogP) is 4.74. The molecule has 2 amide bonds. The zero-order chi connectivity index (χ0) is 26.3. The van der Waals surface area contributed by atoms with Gasteiger partial charge in [0.2, 0.25) is 11.8 Å². The van der Waals surface area contributed by atoms with Crippen LogP contribution in [-0.2, 0) is 26.2 Å². The van der Waals surface area contributed by atoms with E-state index >= 15 is 0 Å². The summed E-state index contributed by atoms with van der Waals surface area (Å²) in [5.74, 6) is -0.915. The van der Waals surface area contributed by atoms with Gasteiger partial charge in [0.1, 0.15) is 12.6 Å². The van der Waals surface area contributed by atoms with Crippen LogP contribution < -0.4 is 9.62 Å². The van der Waals surface area contributed by atoms with Gasteiger partial charge >= 0.3 is 0 Å². The molecule has 0 radical (unpaired) electrons. The van der Waals surface area contributed by atoms with Gasteiger partial charge in [0.05, 0.1) is 10.6 Å². The van der Waals surface area contributed by atoms with Crippen molar-refractivity contribution in [3.63, 3.8) is 0 Å². The molecular formula is C26H27Cl2N3O4S. The van der Waals surface area contributed by atoms with E-state index in [1.165, 1.54) is 23.1 Å². The van der Waals surface area contributed by atoms with Crippen LogP contribution in [-0.4, -0.2) is 44.3 Å². The molecule has 0 saturated carbocycles. The van der Waals surface area contributed by atoms with Crippen LogP contribution >= 0.6 is 23.2 Å². The highest BCUT2D eigenvalue weighted by molar-refractivity contribution is 7.92. The summed E-state index contributed by atoms with van der Waals surface area (Å²) >= 11 is 12.3. The average Bonchev–Trinajstić information content (AvgIpc) is 2.86. The van der Waals surface area contributed by atoms with E-state index < -0.39 is 28.5 Å². The number of likely N-dealkylation sites (N-methyl/N-ethyl adjacent to an activating group) is 1. The number of nitrogens with one attached hydrogen (secondary N) is 1. The highest BCUT2D eigenvalue weighted by Gasteiger charge is 2.32. The van der Waals surface area contributed by atoms with Crippen LogP contribution in [0.3, 0.4) is 0 Å². The number of rotatable bonds is 10. The number of halogens is 2. The smallest absolute Gasteiger partial charge is 0.264 e. The fourth-order valence-electron chi connectivity index (χ4n) is 3.62. The van der Waals surface area contributed by atoms with E-state index in [-0.39, 0.29) is 23.0 Å². The summed E-state index contributed by atoms with van der Waals surface area (Å²) < 4.78 is 28.3. The second-order valence-corrected chi connectivity index (χ2v) is 10.8. The Morgan fingerprint density at radius 1 is 0.917 bits per heavy atom. The maximum Gasteiger partial charge on any atom is 0.264 e. The number of anilines is 1. The monoisotopic (exact) mass is 547 g/mol. The first-order valence-corrected chi connectivity index (χ1v) is 13.5. The van der Waals surface area contributed by atoms with Crippen molar-refractivity contribution < 1.29 is 18.0 Å². The van der Waals surface area contributed by atoms with Crippen molar-refractivity contribution in [3.8, 4) is 0 Å². The molecule has 0 unspecified atom stereocenters. The first kappa shape index (κ1) is 27.5. The van der Waals surface area contributed by atoms with Gasteiger partial charge in [-0.2, -0.15) is 0 Å². The van der Waals surface area contributed by atoms with E-state index in [1.807, 2.05) is 0 Å². The Balaban J connectivity index is 2.02. The summed E-state index contributed by atoms with van der Waals surface area (Å²) in [7, 11) is -4.13. The van der Waals surface area contributed by atoms with E-state index in [0.717, 1.165) is 4.31 Å². The van der Waals surface area contributed by atoms with Crippen LogP contribution in [0.4, 0.5) is 5.69 Å². The third-order valence-electron chi connectivity index (χ3n) is 5.47. The molecule has 0 aromatic heterocycles. The van der Waals surface area contributed by atoms with Gasteiger partial charge in [-0.05, 0) is 61.9 Å². The maximum absolute atomic E-state index is 13.7. The molecule has 3 aromatic carbocycles. The van der Waals surface area contributed by atoms with Gasteiger partial charge in [-0.1, -0.05) is 59.6 Å². The van der Waals surface area contributed by atoms with Crippen LogP contribution in [0.25, 0.3) is 0 Å². The highest BCUT2D eigenvalue weighted by atomic mass is 35.5. The minimum atomic E-state index is -4.13. The van der Waals surface area contributed by atoms with Crippen LogP contribution in [0.5, 0.6) is 0 Å². The number of sulfonamides is 1. The molecule has 36 heavy (non-hydrogen) atoms. The van der Waals surface area contributed by atoms with E-state index in [0.29, 0.717) is 22.2 Å². The third-order valence-corrected chi connectivity index (χ3v) is 7.72. The molecule has 3 aromatic rings. The molecule has 0 aliphatic rings. The molecule has 0 bridgehead atoms. The van der Waals surface area contributed by atoms with Crippen molar-refractivity contribution in [2.75, 3.05) is 17.4 Å². The quantitative estimate of drug-likeness (QED) is 0.397. The fraction of sp³-hybridized carbons (Fsp3) is 0.231. The van der Waals surface area contributed by atoms with E-state index in [9.17, 15) is 18.0 Å². The van der Waals surface area contributed by atoms with Gasteiger partial charge in [0.25, 0.3) is 10.0 Å². The summed E-state index contributed by atoms with van der Waals surface area (Å²) in [5.41, 5.74) is 0.931. The molecule has 0 aliphatic heterocycles. The van der Waals surface area contributed by atoms with Gasteiger partial charge in [-0.25, -0.2) is 8.42 Å². The molecule has 0 fully saturated rings. The third kappa shape index (κ3) is 6.78. The van der Waals surface area contributed by atoms with Crippen LogP contribution in [0.2, 0.25) is 10.0 Å². The number of nitrogens with zero attached hydrogens (tertiary/aromatic N) is 2. The van der Waals surface area contributed by atoms with Crippen molar-refractivity contribution in [2.24, 2.45) is 0 Å². The predicted molar refractivity (Wildman–Crippen MR) is 143 cm³/mol. The first-order valence-electron chi connectivity index (χ1n) is 11.3. The second kappa shape index (κ2) is 12.3. The topological polar surface area (TPSA) is 86.8 Å². The molecule has 0 heterocycles. The average molecular weight is 548 g/mol. The van der Waals surface area contributed by atoms with Gasteiger partial charge in [0.15, 0.2) is 0 Å². The molecular weight excluding hydrogens is 521 g/mol. The Labute approximate surface area is 221 Å². The van der Waals surface area contributed by atoms with Crippen molar-refractivity contribution >= 4 is 50.7 Å². The summed E-state index contributed by atoms with van der Waals surface area (Å²) in [6.45, 7) is 3.29. The molecule has 190 valence electrons. The highest BCUT2D eigenvalue weighted by Crippen LogP contribution is 2.27. The maximum atomic E-state index is 13.7. The zero-order valence-electron chi connectivity index (χ0n) is 19.9. The number of benzene rings is 3. The molecule has 1 N–H and O–H groups in total. The largest absolute Gasteiger partial charge is 0.355 e. The lowest BCUT2D eigenvalue weighted by molar-refractivity contribution is -0.139. The molecule has 10 heteroatoms. The minimum absolute atomic E-state index is 0.0240. The standard InChI is InChI=1S/C26H27Cl2N3O4S/c1-3-29-26(33)19(2)30(17-20-9-7-10-21(27)15-20)25(32)18-31(23-12-8-11-22(28)16-23)36(34,35)24-13-5-4-6-14-24/h4-16,19H,3,17-18H2,1-2H3,(H,29,33)/t19-/m0/s1. The molecule has 0 saturated heterocycles. The lowest BCUT2D eigenvalue weighted by Crippen LogP contribution is -2.51. The Kier molecular flexibility index (Phi) is 9.37. The summed E-state index contributed by atoms with van der Waals surface area (Å²) in [5, 5.41) is 3.52. The lowest BCUT2D eigenvalue weighted by Gasteiger charge is -2.32. The Hall–Kier alpha value is -3.07. The van der Waals surface area contributed by atoms with E-state index in [2.05, 4.69) is 5.32 Å². The van der Waals surface area contributed by atoms with Crippen LogP contribution in [0.15, 0.2) is 83.8 Å². The molecule has 3 rings (SSSR count). The SMILES string of the molecule is CCNC(=O)[C@H](C)N(Cc1cccc(Cl)c1)C(=O)CN(c1cccc(Cl)c1)S(=O)(=O)c1ccccc1. The number of carbonyl (C=O) groups is 2. The molecule has 0 aliphatic carbocycles. The lowest BCUT2D eigenvalue weighted by atomic mass is 10.1. The Morgan fingerprint density at radius 3 is 2.17 bits per heavy atom. The summed E-state index contributed by atoms with van der Waals surface area (Å²) in [6.07, 6.45) is 0. The minimum Gasteiger partial charge on any atom is -0.355 e.